The number of nitrogens with one attached hydrogen (secondary N) is 1. The highest BCUT2D eigenvalue weighted by Gasteiger charge is 2.14. The van der Waals surface area contributed by atoms with E-state index in [0.29, 0.717) is 25.5 Å². The van der Waals surface area contributed by atoms with E-state index in [1.807, 2.05) is 6.92 Å². The smallest absolute Gasteiger partial charge is 0.335 e. The first-order valence-corrected chi connectivity index (χ1v) is 6.38. The number of hydrogen-bond acceptors (Lipinski definition) is 4. The van der Waals surface area contributed by atoms with Crippen molar-refractivity contribution in [2.75, 3.05) is 25.1 Å². The van der Waals surface area contributed by atoms with Crippen LogP contribution in [0.4, 0.5) is 5.69 Å². The van der Waals surface area contributed by atoms with Crippen LogP contribution in [0, 0.1) is 0 Å². The van der Waals surface area contributed by atoms with Crippen molar-refractivity contribution < 1.29 is 24.2 Å². The molecule has 6 heteroatoms. The van der Waals surface area contributed by atoms with E-state index >= 15 is 0 Å². The number of carboxylic acids is 1. The van der Waals surface area contributed by atoms with Crippen LogP contribution < -0.4 is 5.32 Å². The summed E-state index contributed by atoms with van der Waals surface area (Å²) in [6, 6.07) is 6.05. The molecule has 0 aliphatic carbocycles. The molecule has 0 aliphatic rings. The van der Waals surface area contributed by atoms with Gasteiger partial charge in [0.15, 0.2) is 0 Å². The van der Waals surface area contributed by atoms with E-state index in [9.17, 15) is 9.59 Å². The van der Waals surface area contributed by atoms with Crippen molar-refractivity contribution in [1.82, 2.24) is 0 Å². The SMILES string of the molecule is CCOCCOC(C)C(=O)Nc1cccc(C(=O)O)c1. The molecule has 2 N–H and O–H groups in total. The van der Waals surface area contributed by atoms with Crippen molar-refractivity contribution >= 4 is 17.6 Å². The number of benzene rings is 1. The third-order valence-corrected chi connectivity index (χ3v) is 2.55. The zero-order valence-electron chi connectivity index (χ0n) is 11.6. The Kier molecular flexibility index (Phi) is 6.69. The Morgan fingerprint density at radius 2 is 2.10 bits per heavy atom. The second kappa shape index (κ2) is 8.29. The van der Waals surface area contributed by atoms with Gasteiger partial charge in [-0.25, -0.2) is 4.79 Å². The predicted molar refractivity (Wildman–Crippen MR) is 73.9 cm³/mol. The molecule has 0 aromatic heterocycles. The van der Waals surface area contributed by atoms with Crippen molar-refractivity contribution in [1.29, 1.82) is 0 Å². The fourth-order valence-corrected chi connectivity index (χ4v) is 1.48. The lowest BCUT2D eigenvalue weighted by Gasteiger charge is -2.13. The van der Waals surface area contributed by atoms with Gasteiger partial charge in [-0.2, -0.15) is 0 Å². The van der Waals surface area contributed by atoms with Crippen LogP contribution in [-0.2, 0) is 14.3 Å². The highest BCUT2D eigenvalue weighted by atomic mass is 16.5. The number of anilines is 1. The summed E-state index contributed by atoms with van der Waals surface area (Å²) in [5.41, 5.74) is 0.544. The Morgan fingerprint density at radius 1 is 1.35 bits per heavy atom. The minimum Gasteiger partial charge on any atom is -0.478 e. The van der Waals surface area contributed by atoms with E-state index in [-0.39, 0.29) is 11.5 Å². The second-order valence-corrected chi connectivity index (χ2v) is 4.09. The zero-order chi connectivity index (χ0) is 15.0. The van der Waals surface area contributed by atoms with Crippen LogP contribution >= 0.6 is 0 Å². The lowest BCUT2D eigenvalue weighted by Crippen LogP contribution is -2.29. The third-order valence-electron chi connectivity index (χ3n) is 2.55. The summed E-state index contributed by atoms with van der Waals surface area (Å²) < 4.78 is 10.4. The van der Waals surface area contributed by atoms with Gasteiger partial charge in [-0.15, -0.1) is 0 Å². The fourth-order valence-electron chi connectivity index (χ4n) is 1.48. The summed E-state index contributed by atoms with van der Waals surface area (Å²) in [5, 5.41) is 11.5. The molecule has 1 atom stereocenters. The number of carboxylic acid groups (broad SMARTS) is 1. The van der Waals surface area contributed by atoms with Crippen molar-refractivity contribution in [3.05, 3.63) is 29.8 Å². The molecular weight excluding hydrogens is 262 g/mol. The number of carbonyl (C=O) groups excluding carboxylic acids is 1. The van der Waals surface area contributed by atoms with Crippen LogP contribution in [0.1, 0.15) is 24.2 Å². The summed E-state index contributed by atoms with van der Waals surface area (Å²) >= 11 is 0. The maximum absolute atomic E-state index is 11.8. The normalized spacial score (nSPS) is 11.9. The van der Waals surface area contributed by atoms with Gasteiger partial charge in [0.1, 0.15) is 6.10 Å². The monoisotopic (exact) mass is 281 g/mol. The molecule has 0 heterocycles. The summed E-state index contributed by atoms with van der Waals surface area (Å²) in [6.07, 6.45) is -0.635. The Labute approximate surface area is 117 Å². The largest absolute Gasteiger partial charge is 0.478 e. The molecule has 0 radical (unpaired) electrons. The van der Waals surface area contributed by atoms with Crippen LogP contribution in [0.3, 0.4) is 0 Å². The lowest BCUT2D eigenvalue weighted by molar-refractivity contribution is -0.127. The van der Waals surface area contributed by atoms with Gasteiger partial charge in [-0.3, -0.25) is 4.79 Å². The molecule has 0 bridgehead atoms. The van der Waals surface area contributed by atoms with Crippen LogP contribution in [0.2, 0.25) is 0 Å². The zero-order valence-corrected chi connectivity index (χ0v) is 11.6. The molecule has 1 unspecified atom stereocenters. The van der Waals surface area contributed by atoms with Gasteiger partial charge in [0.25, 0.3) is 5.91 Å². The Balaban J connectivity index is 2.48. The Hall–Kier alpha value is -1.92. The number of aromatic carboxylic acids is 1. The van der Waals surface area contributed by atoms with Gasteiger partial charge in [0.05, 0.1) is 18.8 Å². The molecule has 20 heavy (non-hydrogen) atoms. The van der Waals surface area contributed by atoms with Gasteiger partial charge in [0, 0.05) is 12.3 Å². The quantitative estimate of drug-likeness (QED) is 0.709. The fraction of sp³-hybridized carbons (Fsp3) is 0.429. The second-order valence-electron chi connectivity index (χ2n) is 4.09. The molecule has 1 amide bonds. The molecule has 110 valence electrons. The van der Waals surface area contributed by atoms with Crippen molar-refractivity contribution in [2.24, 2.45) is 0 Å². The van der Waals surface area contributed by atoms with E-state index in [1.165, 1.54) is 12.1 Å². The number of amides is 1. The average molecular weight is 281 g/mol. The minimum atomic E-state index is -1.04. The number of hydrogen-bond donors (Lipinski definition) is 2. The van der Waals surface area contributed by atoms with Gasteiger partial charge in [-0.05, 0) is 32.0 Å². The highest BCUT2D eigenvalue weighted by molar-refractivity contribution is 5.95. The summed E-state index contributed by atoms with van der Waals surface area (Å²) in [6.45, 7) is 4.88. The van der Waals surface area contributed by atoms with Crippen molar-refractivity contribution in [3.8, 4) is 0 Å². The lowest BCUT2D eigenvalue weighted by atomic mass is 10.2. The number of ether oxygens (including phenoxy) is 2. The van der Waals surface area contributed by atoms with E-state index in [1.54, 1.807) is 19.1 Å². The van der Waals surface area contributed by atoms with Gasteiger partial charge in [-0.1, -0.05) is 6.07 Å². The molecule has 1 aromatic carbocycles. The van der Waals surface area contributed by atoms with Crippen LogP contribution in [0.25, 0.3) is 0 Å². The summed E-state index contributed by atoms with van der Waals surface area (Å²) in [5.74, 6) is -1.37. The van der Waals surface area contributed by atoms with E-state index in [2.05, 4.69) is 5.32 Å². The van der Waals surface area contributed by atoms with Crippen LogP contribution in [0.5, 0.6) is 0 Å². The molecule has 0 fully saturated rings. The number of rotatable bonds is 8. The molecule has 1 rings (SSSR count). The highest BCUT2D eigenvalue weighted by Crippen LogP contribution is 2.11. The molecular formula is C14H19NO5. The average Bonchev–Trinajstić information content (AvgIpc) is 2.43. The maximum Gasteiger partial charge on any atom is 0.335 e. The first-order chi connectivity index (χ1) is 9.54. The van der Waals surface area contributed by atoms with Gasteiger partial charge < -0.3 is 19.9 Å². The molecule has 0 saturated carbocycles. The molecule has 6 nitrogen and oxygen atoms in total. The van der Waals surface area contributed by atoms with Gasteiger partial charge in [0.2, 0.25) is 0 Å². The summed E-state index contributed by atoms with van der Waals surface area (Å²) in [4.78, 5) is 22.7. The molecule has 0 saturated heterocycles. The predicted octanol–water partition coefficient (Wildman–Crippen LogP) is 1.76. The van der Waals surface area contributed by atoms with Crippen LogP contribution in [0.15, 0.2) is 24.3 Å². The maximum atomic E-state index is 11.8. The van der Waals surface area contributed by atoms with Gasteiger partial charge >= 0.3 is 5.97 Å². The number of carbonyl (C=O) groups is 2. The third kappa shape index (κ3) is 5.38. The van der Waals surface area contributed by atoms with E-state index in [0.717, 1.165) is 0 Å². The van der Waals surface area contributed by atoms with Crippen molar-refractivity contribution in [3.63, 3.8) is 0 Å². The van der Waals surface area contributed by atoms with Crippen LogP contribution in [-0.4, -0.2) is 42.9 Å². The molecule has 0 spiro atoms. The van der Waals surface area contributed by atoms with Crippen molar-refractivity contribution in [2.45, 2.75) is 20.0 Å². The Morgan fingerprint density at radius 3 is 2.75 bits per heavy atom. The Bertz CT molecular complexity index is 461. The van der Waals surface area contributed by atoms with E-state index in [4.69, 9.17) is 14.6 Å². The molecule has 0 aliphatic heterocycles. The summed E-state index contributed by atoms with van der Waals surface area (Å²) in [7, 11) is 0. The first-order valence-electron chi connectivity index (χ1n) is 6.38. The van der Waals surface area contributed by atoms with E-state index < -0.39 is 12.1 Å². The standard InChI is InChI=1S/C14H19NO5/c1-3-19-7-8-20-10(2)13(16)15-12-6-4-5-11(9-12)14(17)18/h4-6,9-10H,3,7-8H2,1-2H3,(H,15,16)(H,17,18). The molecule has 1 aromatic rings. The first kappa shape index (κ1) is 16.1. The topological polar surface area (TPSA) is 84.9 Å². The minimum absolute atomic E-state index is 0.118.